The molecule has 0 N–H and O–H groups in total. The molecule has 0 unspecified atom stereocenters. The third-order valence-corrected chi connectivity index (χ3v) is 5.24. The number of hydrogen-bond donors (Lipinski definition) is 0. The molecule has 0 aliphatic heterocycles. The number of hydrogen-bond acceptors (Lipinski definition) is 6. The van der Waals surface area contributed by atoms with Crippen molar-refractivity contribution >= 4 is 34.3 Å². The van der Waals surface area contributed by atoms with Crippen LogP contribution >= 0.6 is 23.4 Å². The standard InChI is InChI=1S/C19H16ClN3O3S/c1-11(2)23-18(24)14-6-5-12(20)8-15(14)21-19(23)27-10-13-9-17(26-22-13)16-4-3-7-25-16/h3-9,11H,10H2,1-2H3. The van der Waals surface area contributed by atoms with Crippen LogP contribution in [0.4, 0.5) is 0 Å². The van der Waals surface area contributed by atoms with Crippen molar-refractivity contribution in [2.45, 2.75) is 30.8 Å². The third-order valence-electron chi connectivity index (χ3n) is 4.02. The molecule has 4 aromatic rings. The predicted molar refractivity (Wildman–Crippen MR) is 105 cm³/mol. The molecule has 4 rings (SSSR count). The maximum Gasteiger partial charge on any atom is 0.262 e. The van der Waals surface area contributed by atoms with Crippen molar-refractivity contribution in [3.8, 4) is 11.5 Å². The largest absolute Gasteiger partial charge is 0.461 e. The van der Waals surface area contributed by atoms with Crippen molar-refractivity contribution in [1.82, 2.24) is 14.7 Å². The molecule has 0 aliphatic carbocycles. The van der Waals surface area contributed by atoms with Gasteiger partial charge in [0.2, 0.25) is 5.76 Å². The van der Waals surface area contributed by atoms with Crippen LogP contribution in [0.3, 0.4) is 0 Å². The van der Waals surface area contributed by atoms with Crippen LogP contribution in [0.1, 0.15) is 25.6 Å². The Balaban J connectivity index is 1.67. The minimum Gasteiger partial charge on any atom is -0.461 e. The molecule has 3 heterocycles. The molecule has 6 nitrogen and oxygen atoms in total. The second-order valence-corrected chi connectivity index (χ2v) is 7.65. The molecule has 3 aromatic heterocycles. The molecule has 0 amide bonds. The Hall–Kier alpha value is -2.51. The molecule has 138 valence electrons. The van der Waals surface area contributed by atoms with Crippen LogP contribution in [0.15, 0.2) is 61.6 Å². The average molecular weight is 402 g/mol. The fraction of sp³-hybridized carbons (Fsp3) is 0.211. The summed E-state index contributed by atoms with van der Waals surface area (Å²) in [5, 5.41) is 5.79. The van der Waals surface area contributed by atoms with Gasteiger partial charge in [0.25, 0.3) is 5.56 Å². The minimum atomic E-state index is -0.0782. The van der Waals surface area contributed by atoms with Gasteiger partial charge >= 0.3 is 0 Å². The monoisotopic (exact) mass is 401 g/mol. The Bertz CT molecular complexity index is 1150. The first-order valence-corrected chi connectivity index (χ1v) is 9.73. The van der Waals surface area contributed by atoms with Crippen LogP contribution < -0.4 is 5.56 Å². The second kappa shape index (κ2) is 7.25. The molecule has 0 aliphatic rings. The molecular weight excluding hydrogens is 386 g/mol. The van der Waals surface area contributed by atoms with Crippen molar-refractivity contribution in [3.05, 3.63) is 63.7 Å². The second-order valence-electron chi connectivity index (χ2n) is 6.27. The molecule has 8 heteroatoms. The van der Waals surface area contributed by atoms with E-state index in [1.165, 1.54) is 11.8 Å². The number of nitrogens with zero attached hydrogens (tertiary/aromatic N) is 3. The lowest BCUT2D eigenvalue weighted by molar-refractivity contribution is 0.413. The van der Waals surface area contributed by atoms with Crippen molar-refractivity contribution < 1.29 is 8.94 Å². The zero-order chi connectivity index (χ0) is 19.0. The van der Waals surface area contributed by atoms with E-state index < -0.39 is 0 Å². The highest BCUT2D eigenvalue weighted by molar-refractivity contribution is 7.98. The van der Waals surface area contributed by atoms with Crippen LogP contribution in [0.25, 0.3) is 22.4 Å². The summed E-state index contributed by atoms with van der Waals surface area (Å²) in [5.74, 6) is 1.70. The van der Waals surface area contributed by atoms with Gasteiger partial charge in [-0.25, -0.2) is 4.98 Å². The van der Waals surface area contributed by atoms with E-state index in [0.29, 0.717) is 38.4 Å². The first kappa shape index (κ1) is 17.9. The maximum atomic E-state index is 12.9. The SMILES string of the molecule is CC(C)n1c(SCc2cc(-c3ccco3)on2)nc2cc(Cl)ccc2c1=O. The topological polar surface area (TPSA) is 74.1 Å². The van der Waals surface area contributed by atoms with Crippen LogP contribution in [0, 0.1) is 0 Å². The first-order chi connectivity index (χ1) is 13.0. The Morgan fingerprint density at radius 3 is 2.81 bits per heavy atom. The molecule has 0 atom stereocenters. The minimum absolute atomic E-state index is 0.0245. The molecule has 1 aromatic carbocycles. The predicted octanol–water partition coefficient (Wildman–Crippen LogP) is 5.17. The van der Waals surface area contributed by atoms with Gasteiger partial charge in [0.15, 0.2) is 10.9 Å². The van der Waals surface area contributed by atoms with E-state index in [4.69, 9.17) is 20.5 Å². The fourth-order valence-corrected chi connectivity index (χ4v) is 3.94. The molecule has 0 saturated carbocycles. The smallest absolute Gasteiger partial charge is 0.262 e. The highest BCUT2D eigenvalue weighted by atomic mass is 35.5. The summed E-state index contributed by atoms with van der Waals surface area (Å²) < 4.78 is 12.3. The normalized spacial score (nSPS) is 11.6. The molecule has 0 bridgehead atoms. The Morgan fingerprint density at radius 2 is 2.07 bits per heavy atom. The molecule has 0 fully saturated rings. The summed E-state index contributed by atoms with van der Waals surface area (Å²) in [5.41, 5.74) is 1.25. The van der Waals surface area contributed by atoms with E-state index in [9.17, 15) is 4.79 Å². The van der Waals surface area contributed by atoms with Gasteiger partial charge in [-0.3, -0.25) is 9.36 Å². The number of rotatable bonds is 5. The average Bonchev–Trinajstić information content (AvgIpc) is 3.30. The van der Waals surface area contributed by atoms with E-state index in [0.717, 1.165) is 5.69 Å². The zero-order valence-corrected chi connectivity index (χ0v) is 16.3. The van der Waals surface area contributed by atoms with Gasteiger partial charge in [-0.2, -0.15) is 0 Å². The van der Waals surface area contributed by atoms with Crippen molar-refractivity contribution in [2.24, 2.45) is 0 Å². The van der Waals surface area contributed by atoms with E-state index in [1.807, 2.05) is 26.0 Å². The van der Waals surface area contributed by atoms with E-state index in [-0.39, 0.29) is 11.6 Å². The van der Waals surface area contributed by atoms with E-state index in [2.05, 4.69) is 10.1 Å². The van der Waals surface area contributed by atoms with Crippen molar-refractivity contribution in [3.63, 3.8) is 0 Å². The summed E-state index contributed by atoms with van der Waals surface area (Å²) in [7, 11) is 0. The fourth-order valence-electron chi connectivity index (χ4n) is 2.76. The van der Waals surface area contributed by atoms with Crippen LogP contribution in [0.5, 0.6) is 0 Å². The summed E-state index contributed by atoms with van der Waals surface area (Å²) >= 11 is 7.49. The lowest BCUT2D eigenvalue weighted by atomic mass is 10.2. The van der Waals surface area contributed by atoms with Gasteiger partial charge < -0.3 is 8.94 Å². The van der Waals surface area contributed by atoms with Crippen LogP contribution in [-0.2, 0) is 5.75 Å². The Kier molecular flexibility index (Phi) is 4.80. The van der Waals surface area contributed by atoms with Crippen molar-refractivity contribution in [1.29, 1.82) is 0 Å². The maximum absolute atomic E-state index is 12.9. The van der Waals surface area contributed by atoms with Gasteiger partial charge in [-0.15, -0.1) is 0 Å². The molecule has 0 spiro atoms. The van der Waals surface area contributed by atoms with Crippen molar-refractivity contribution in [2.75, 3.05) is 0 Å². The highest BCUT2D eigenvalue weighted by Crippen LogP contribution is 2.27. The summed E-state index contributed by atoms with van der Waals surface area (Å²) in [6.45, 7) is 3.92. The molecule has 0 radical (unpaired) electrons. The first-order valence-electron chi connectivity index (χ1n) is 8.37. The summed E-state index contributed by atoms with van der Waals surface area (Å²) in [6, 6.07) is 10.5. The number of benzene rings is 1. The number of furan rings is 1. The van der Waals surface area contributed by atoms with Gasteiger partial charge in [-0.1, -0.05) is 28.5 Å². The molecule has 27 heavy (non-hydrogen) atoms. The van der Waals surface area contributed by atoms with Gasteiger partial charge in [-0.05, 0) is 44.2 Å². The lowest BCUT2D eigenvalue weighted by Gasteiger charge is -2.15. The van der Waals surface area contributed by atoms with Crippen LogP contribution in [0.2, 0.25) is 5.02 Å². The summed E-state index contributed by atoms with van der Waals surface area (Å²) in [6.07, 6.45) is 1.58. The van der Waals surface area contributed by atoms with Gasteiger partial charge in [0.1, 0.15) is 0 Å². The van der Waals surface area contributed by atoms with Crippen LogP contribution in [-0.4, -0.2) is 14.7 Å². The Morgan fingerprint density at radius 1 is 1.22 bits per heavy atom. The number of thioether (sulfide) groups is 1. The molecular formula is C19H16ClN3O3S. The summed E-state index contributed by atoms with van der Waals surface area (Å²) in [4.78, 5) is 17.5. The van der Waals surface area contributed by atoms with Gasteiger partial charge in [0.05, 0.1) is 22.9 Å². The highest BCUT2D eigenvalue weighted by Gasteiger charge is 2.16. The van der Waals surface area contributed by atoms with E-state index in [1.54, 1.807) is 35.1 Å². The Labute approximate surface area is 164 Å². The quantitative estimate of drug-likeness (QED) is 0.339. The number of halogens is 1. The lowest BCUT2D eigenvalue weighted by Crippen LogP contribution is -2.25. The number of aromatic nitrogens is 3. The van der Waals surface area contributed by atoms with E-state index >= 15 is 0 Å². The molecule has 0 saturated heterocycles. The van der Waals surface area contributed by atoms with Gasteiger partial charge in [0, 0.05) is 22.9 Å². The third kappa shape index (κ3) is 3.52. The number of fused-ring (bicyclic) bond motifs is 1. The zero-order valence-electron chi connectivity index (χ0n) is 14.7.